The van der Waals surface area contributed by atoms with Crippen molar-refractivity contribution in [3.8, 4) is 6.07 Å². The molecule has 6 rings (SSSR count). The number of nitrogens with zero attached hydrogens (tertiary/aromatic N) is 5. The summed E-state index contributed by atoms with van der Waals surface area (Å²) in [6, 6.07) is 25.9. The van der Waals surface area contributed by atoms with Crippen molar-refractivity contribution >= 4 is 28.2 Å². The minimum absolute atomic E-state index is 0.217. The molecule has 0 amide bonds. The van der Waals surface area contributed by atoms with E-state index in [1.165, 1.54) is 23.3 Å². The second-order valence-electron chi connectivity index (χ2n) is 9.79. The van der Waals surface area contributed by atoms with Crippen molar-refractivity contribution in [1.29, 1.82) is 5.26 Å². The van der Waals surface area contributed by atoms with E-state index in [9.17, 15) is 9.65 Å². The number of aromatic nitrogens is 2. The molecule has 0 radical (unpaired) electrons. The maximum atomic E-state index is 13.5. The Morgan fingerprint density at radius 1 is 0.865 bits per heavy atom. The molecular weight excluding hydrogens is 461 g/mol. The number of para-hydroxylation sites is 2. The molecule has 0 atom stereocenters. The molecule has 184 valence electrons. The van der Waals surface area contributed by atoms with Crippen molar-refractivity contribution < 1.29 is 4.39 Å². The van der Waals surface area contributed by atoms with Gasteiger partial charge in [-0.25, -0.2) is 9.37 Å². The van der Waals surface area contributed by atoms with E-state index in [-0.39, 0.29) is 5.82 Å². The Labute approximate surface area is 216 Å². The van der Waals surface area contributed by atoms with Gasteiger partial charge < -0.3 is 9.80 Å². The molecular formula is C31H28FN5. The van der Waals surface area contributed by atoms with Gasteiger partial charge in [0.2, 0.25) is 0 Å². The maximum absolute atomic E-state index is 13.5. The highest BCUT2D eigenvalue weighted by atomic mass is 19.1. The first-order valence-corrected chi connectivity index (χ1v) is 12.7. The molecule has 1 saturated heterocycles. The maximum Gasteiger partial charge on any atom is 0.157 e. The summed E-state index contributed by atoms with van der Waals surface area (Å²) in [7, 11) is 0. The number of piperazine rings is 1. The Kier molecular flexibility index (Phi) is 5.77. The molecule has 1 aliphatic heterocycles. The highest BCUT2D eigenvalue weighted by molar-refractivity contribution is 5.86. The summed E-state index contributed by atoms with van der Waals surface area (Å²) in [5, 5.41) is 10.2. The standard InChI is InChI=1S/C31H28FN5/c1-21-7-9-23(10-8-21)19-26-22(2)27(20-33)30-34-28-5-3-4-6-29(28)37(30)31(26)36-17-15-35(16-18-36)25-13-11-24(32)12-14-25/h3-14H,15-19H2,1-2H3. The third-order valence-corrected chi connectivity index (χ3v) is 7.48. The number of imidazole rings is 1. The number of hydrogen-bond donors (Lipinski definition) is 0. The van der Waals surface area contributed by atoms with E-state index in [1.54, 1.807) is 0 Å². The number of nitriles is 1. The van der Waals surface area contributed by atoms with Crippen molar-refractivity contribution in [1.82, 2.24) is 9.38 Å². The smallest absolute Gasteiger partial charge is 0.157 e. The fourth-order valence-corrected chi connectivity index (χ4v) is 5.45. The Morgan fingerprint density at radius 2 is 1.54 bits per heavy atom. The molecule has 1 aliphatic rings. The summed E-state index contributed by atoms with van der Waals surface area (Å²) in [5.41, 5.74) is 8.87. The lowest BCUT2D eigenvalue weighted by Crippen LogP contribution is -2.47. The number of aryl methyl sites for hydroxylation is 1. The first-order valence-electron chi connectivity index (χ1n) is 12.7. The zero-order valence-electron chi connectivity index (χ0n) is 21.1. The number of pyridine rings is 1. The predicted octanol–water partition coefficient (Wildman–Crippen LogP) is 6.03. The molecule has 0 unspecified atom stereocenters. The van der Waals surface area contributed by atoms with Gasteiger partial charge in [-0.05, 0) is 61.4 Å². The Hall–Kier alpha value is -4.37. The van der Waals surface area contributed by atoms with E-state index in [4.69, 9.17) is 4.98 Å². The third-order valence-electron chi connectivity index (χ3n) is 7.48. The molecule has 37 heavy (non-hydrogen) atoms. The summed E-state index contributed by atoms with van der Waals surface area (Å²) >= 11 is 0. The van der Waals surface area contributed by atoms with Gasteiger partial charge in [-0.15, -0.1) is 0 Å². The van der Waals surface area contributed by atoms with Crippen molar-refractivity contribution in [2.24, 2.45) is 0 Å². The van der Waals surface area contributed by atoms with Gasteiger partial charge in [0.25, 0.3) is 0 Å². The van der Waals surface area contributed by atoms with Crippen LogP contribution in [0.2, 0.25) is 0 Å². The van der Waals surface area contributed by atoms with Crippen molar-refractivity contribution in [3.05, 3.63) is 106 Å². The molecule has 3 heterocycles. The summed E-state index contributed by atoms with van der Waals surface area (Å²) in [5.74, 6) is 0.894. The van der Waals surface area contributed by atoms with Crippen LogP contribution in [0.4, 0.5) is 15.9 Å². The van der Waals surface area contributed by atoms with Crippen molar-refractivity contribution in [2.75, 3.05) is 36.0 Å². The van der Waals surface area contributed by atoms with E-state index < -0.39 is 0 Å². The van der Waals surface area contributed by atoms with Crippen molar-refractivity contribution in [3.63, 3.8) is 0 Å². The van der Waals surface area contributed by atoms with Gasteiger partial charge >= 0.3 is 0 Å². The summed E-state index contributed by atoms with van der Waals surface area (Å²) in [4.78, 5) is 9.63. The summed E-state index contributed by atoms with van der Waals surface area (Å²) in [6.07, 6.45) is 0.733. The Bertz CT molecular complexity index is 1640. The largest absolute Gasteiger partial charge is 0.368 e. The van der Waals surface area contributed by atoms with E-state index in [2.05, 4.69) is 64.4 Å². The van der Waals surface area contributed by atoms with Crippen LogP contribution in [0, 0.1) is 31.0 Å². The number of rotatable bonds is 4. The van der Waals surface area contributed by atoms with Crippen LogP contribution >= 0.6 is 0 Å². The van der Waals surface area contributed by atoms with Gasteiger partial charge in [0.1, 0.15) is 17.7 Å². The molecule has 0 N–H and O–H groups in total. The van der Waals surface area contributed by atoms with Gasteiger partial charge in [-0.3, -0.25) is 4.40 Å². The van der Waals surface area contributed by atoms with E-state index in [0.717, 1.165) is 66.3 Å². The van der Waals surface area contributed by atoms with Crippen LogP contribution in [0.1, 0.15) is 27.8 Å². The van der Waals surface area contributed by atoms with Gasteiger partial charge in [-0.2, -0.15) is 5.26 Å². The van der Waals surface area contributed by atoms with Crippen LogP contribution in [-0.2, 0) is 6.42 Å². The zero-order valence-corrected chi connectivity index (χ0v) is 21.1. The zero-order chi connectivity index (χ0) is 25.5. The first kappa shape index (κ1) is 23.1. The van der Waals surface area contributed by atoms with Gasteiger partial charge in [0, 0.05) is 43.9 Å². The summed E-state index contributed by atoms with van der Waals surface area (Å²) < 4.78 is 15.7. The highest BCUT2D eigenvalue weighted by Gasteiger charge is 2.27. The molecule has 5 aromatic rings. The number of anilines is 2. The van der Waals surface area contributed by atoms with Crippen LogP contribution in [-0.4, -0.2) is 35.6 Å². The molecule has 2 aromatic heterocycles. The predicted molar refractivity (Wildman–Crippen MR) is 147 cm³/mol. The Balaban J connectivity index is 1.49. The molecule has 3 aromatic carbocycles. The van der Waals surface area contributed by atoms with Crippen LogP contribution in [0.3, 0.4) is 0 Å². The van der Waals surface area contributed by atoms with Crippen LogP contribution in [0.15, 0.2) is 72.8 Å². The number of halogens is 1. The van der Waals surface area contributed by atoms with E-state index in [0.29, 0.717) is 11.2 Å². The number of hydrogen-bond acceptors (Lipinski definition) is 4. The highest BCUT2D eigenvalue weighted by Crippen LogP contribution is 2.35. The second kappa shape index (κ2) is 9.25. The van der Waals surface area contributed by atoms with Crippen LogP contribution in [0.25, 0.3) is 16.7 Å². The van der Waals surface area contributed by atoms with E-state index >= 15 is 0 Å². The van der Waals surface area contributed by atoms with Gasteiger partial charge in [0.05, 0.1) is 16.6 Å². The van der Waals surface area contributed by atoms with Crippen LogP contribution in [0.5, 0.6) is 0 Å². The molecule has 6 heteroatoms. The van der Waals surface area contributed by atoms with Crippen LogP contribution < -0.4 is 9.80 Å². The van der Waals surface area contributed by atoms with E-state index in [1.807, 2.05) is 30.3 Å². The van der Waals surface area contributed by atoms with Gasteiger partial charge in [-0.1, -0.05) is 42.0 Å². The van der Waals surface area contributed by atoms with Crippen molar-refractivity contribution in [2.45, 2.75) is 20.3 Å². The summed E-state index contributed by atoms with van der Waals surface area (Å²) in [6.45, 7) is 7.42. The lowest BCUT2D eigenvalue weighted by atomic mass is 9.96. The average molecular weight is 490 g/mol. The fourth-order valence-electron chi connectivity index (χ4n) is 5.45. The monoisotopic (exact) mass is 489 g/mol. The molecule has 1 fully saturated rings. The lowest BCUT2D eigenvalue weighted by molar-refractivity contribution is 0.623. The Morgan fingerprint density at radius 3 is 2.24 bits per heavy atom. The molecule has 0 saturated carbocycles. The quantitative estimate of drug-likeness (QED) is 0.309. The third kappa shape index (κ3) is 4.07. The molecule has 0 spiro atoms. The SMILES string of the molecule is Cc1ccc(Cc2c(C)c(C#N)c3nc4ccccc4n3c2N2CCN(c3ccc(F)cc3)CC2)cc1. The minimum atomic E-state index is -0.217. The fraction of sp³-hybridized carbons (Fsp3) is 0.226. The molecule has 5 nitrogen and oxygen atoms in total. The number of fused-ring (bicyclic) bond motifs is 3. The van der Waals surface area contributed by atoms with Gasteiger partial charge in [0.15, 0.2) is 5.65 Å². The minimum Gasteiger partial charge on any atom is -0.368 e. The topological polar surface area (TPSA) is 47.6 Å². The lowest BCUT2D eigenvalue weighted by Gasteiger charge is -2.39. The normalized spacial score (nSPS) is 13.9. The number of benzene rings is 3. The average Bonchev–Trinajstić information content (AvgIpc) is 3.30. The second-order valence-corrected chi connectivity index (χ2v) is 9.79. The first-order chi connectivity index (χ1) is 18.0. The molecule has 0 bridgehead atoms. The molecule has 0 aliphatic carbocycles.